The molecule has 0 saturated heterocycles. The first kappa shape index (κ1) is 14.3. The molecule has 0 heterocycles. The van der Waals surface area contributed by atoms with E-state index in [4.69, 9.17) is 5.71 Å². The topological polar surface area (TPSA) is 52.6 Å². The van der Waals surface area contributed by atoms with E-state index in [1.807, 2.05) is 0 Å². The zero-order valence-corrected chi connectivity index (χ0v) is 12.7. The third-order valence-electron chi connectivity index (χ3n) is 1.28. The molecular weight excluding hydrogens is 299 g/mol. The molecule has 0 aliphatic rings. The molecule has 0 fully saturated rings. The Hall–Kier alpha value is -0.710. The van der Waals surface area contributed by atoms with Gasteiger partial charge in [0.15, 0.2) is 0 Å². The first-order chi connectivity index (χ1) is 6.91. The van der Waals surface area contributed by atoms with Gasteiger partial charge < -0.3 is 0 Å². The zero-order valence-electron chi connectivity index (χ0n) is 9.37. The van der Waals surface area contributed by atoms with Crippen LogP contribution < -0.4 is 0 Å². The van der Waals surface area contributed by atoms with Gasteiger partial charge in [0, 0.05) is 0 Å². The predicted octanol–water partition coefficient (Wildman–Crippen LogP) is 1.54. The van der Waals surface area contributed by atoms with Gasteiger partial charge in [-0.1, -0.05) is 0 Å². The molecule has 0 N–H and O–H groups in total. The molecule has 81 valence electrons. The fourth-order valence-corrected chi connectivity index (χ4v) is 2.21. The van der Waals surface area contributed by atoms with Crippen molar-refractivity contribution in [3.8, 4) is 0 Å². The number of rotatable bonds is 6. The Kier molecular flexibility index (Phi) is 7.21. The Bertz CT molecular complexity index is 275. The second kappa shape index (κ2) is 7.56. The van der Waals surface area contributed by atoms with Gasteiger partial charge in [-0.25, -0.2) is 0 Å². The molecule has 0 aromatic heterocycles. The first-order valence-electron chi connectivity index (χ1n) is 4.44. The summed E-state index contributed by atoms with van der Waals surface area (Å²) in [6, 6.07) is 0. The van der Waals surface area contributed by atoms with Crippen LogP contribution in [-0.2, 0) is 15.3 Å². The summed E-state index contributed by atoms with van der Waals surface area (Å²) in [5.74, 6) is 1.04. The van der Waals surface area contributed by atoms with Gasteiger partial charge in [-0.3, -0.25) is 0 Å². The number of ketones is 2. The number of hydrogen-bond acceptors (Lipinski definition) is 4. The zero-order chi connectivity index (χ0) is 11.8. The van der Waals surface area contributed by atoms with Gasteiger partial charge in [0.05, 0.1) is 0 Å². The molecule has 0 bridgehead atoms. The van der Waals surface area contributed by atoms with E-state index in [0.29, 0.717) is 11.5 Å². The van der Waals surface area contributed by atoms with Crippen LogP contribution in [0, 0.1) is 0 Å². The standard InChI is InChI=1S/2C5H8O2.In/c2*1-4(6)3-5(2)7;/h2*3,6H,1-2H3;/q;;+2/p-2/b2*4-3-;. The van der Waals surface area contributed by atoms with E-state index in [-0.39, 0.29) is 11.6 Å². The third kappa shape index (κ3) is 9.59. The minimum atomic E-state index is -1.65. The van der Waals surface area contributed by atoms with Gasteiger partial charge >= 0.3 is 102 Å². The summed E-state index contributed by atoms with van der Waals surface area (Å²) in [6.07, 6.45) is 2.83. The van der Waals surface area contributed by atoms with E-state index >= 15 is 0 Å². The predicted molar refractivity (Wildman–Crippen MR) is 56.8 cm³/mol. The van der Waals surface area contributed by atoms with E-state index in [9.17, 15) is 9.59 Å². The van der Waals surface area contributed by atoms with Crippen molar-refractivity contribution in [3.63, 3.8) is 0 Å². The van der Waals surface area contributed by atoms with Crippen molar-refractivity contribution in [1.82, 2.24) is 0 Å². The second-order valence-corrected chi connectivity index (χ2v) is 4.96. The van der Waals surface area contributed by atoms with Gasteiger partial charge in [0.25, 0.3) is 0 Å². The maximum absolute atomic E-state index is 10.7. The molecule has 15 heavy (non-hydrogen) atoms. The summed E-state index contributed by atoms with van der Waals surface area (Å²) in [5.41, 5.74) is 0. The van der Waals surface area contributed by atoms with Gasteiger partial charge in [-0.05, 0) is 0 Å². The average Bonchev–Trinajstić information content (AvgIpc) is 2.00. The quantitative estimate of drug-likeness (QED) is 0.551. The van der Waals surface area contributed by atoms with Crippen LogP contribution in [-0.4, -0.2) is 35.3 Å². The molecule has 0 aromatic rings. The summed E-state index contributed by atoms with van der Waals surface area (Å²) < 4.78 is 10.5. The van der Waals surface area contributed by atoms with Crippen LogP contribution in [0.1, 0.15) is 27.7 Å². The molecular formula is C10H14InO4. The fraction of sp³-hybridized carbons (Fsp3) is 0.400. The molecule has 0 aliphatic heterocycles. The van der Waals surface area contributed by atoms with E-state index < -0.39 is 23.8 Å². The molecule has 0 spiro atoms. The van der Waals surface area contributed by atoms with Gasteiger partial charge in [-0.15, -0.1) is 0 Å². The Balaban J connectivity index is 3.90. The number of carbonyl (C=O) groups excluding carboxylic acids is 2. The van der Waals surface area contributed by atoms with Crippen LogP contribution in [0.3, 0.4) is 0 Å². The molecule has 0 unspecified atom stereocenters. The third-order valence-corrected chi connectivity index (χ3v) is 3.95. The molecule has 0 rings (SSSR count). The molecule has 0 aliphatic carbocycles. The summed E-state index contributed by atoms with van der Waals surface area (Å²) in [4.78, 5) is 21.3. The molecule has 0 amide bonds. The van der Waals surface area contributed by atoms with Gasteiger partial charge in [0.1, 0.15) is 0 Å². The van der Waals surface area contributed by atoms with Gasteiger partial charge in [0.2, 0.25) is 0 Å². The van der Waals surface area contributed by atoms with Crippen molar-refractivity contribution in [2.75, 3.05) is 0 Å². The molecule has 4 nitrogen and oxygen atoms in total. The Morgan fingerprint density at radius 2 is 1.20 bits per heavy atom. The van der Waals surface area contributed by atoms with Crippen molar-refractivity contribution < 1.29 is 15.3 Å². The van der Waals surface area contributed by atoms with Crippen molar-refractivity contribution in [2.24, 2.45) is 0 Å². The summed E-state index contributed by atoms with van der Waals surface area (Å²) in [7, 11) is 0. The monoisotopic (exact) mass is 313 g/mol. The van der Waals surface area contributed by atoms with Crippen LogP contribution in [0.2, 0.25) is 0 Å². The van der Waals surface area contributed by atoms with Crippen LogP contribution >= 0.6 is 0 Å². The Morgan fingerprint density at radius 3 is 1.47 bits per heavy atom. The Morgan fingerprint density at radius 1 is 0.867 bits per heavy atom. The van der Waals surface area contributed by atoms with E-state index in [1.165, 1.54) is 26.0 Å². The summed E-state index contributed by atoms with van der Waals surface area (Å²) >= 11 is -1.65. The van der Waals surface area contributed by atoms with Crippen molar-refractivity contribution in [3.05, 3.63) is 23.7 Å². The van der Waals surface area contributed by atoms with E-state index in [2.05, 4.69) is 0 Å². The molecule has 0 aromatic carbocycles. The summed E-state index contributed by atoms with van der Waals surface area (Å²) in [6.45, 7) is 6.34. The molecule has 0 saturated carbocycles. The molecule has 5 heteroatoms. The second-order valence-electron chi connectivity index (χ2n) is 3.06. The SMILES string of the molecule is CC(=O)/C=C(/C)[O][In][O]/C(C)=C\C(C)=O. The van der Waals surface area contributed by atoms with Crippen molar-refractivity contribution in [2.45, 2.75) is 27.7 Å². The van der Waals surface area contributed by atoms with E-state index in [0.717, 1.165) is 0 Å². The van der Waals surface area contributed by atoms with Crippen molar-refractivity contribution >= 4 is 35.3 Å². The number of allylic oxidation sites excluding steroid dienone is 4. The molecule has 1 radical (unpaired) electrons. The first-order valence-corrected chi connectivity index (χ1v) is 7.13. The minimum absolute atomic E-state index is 0.0497. The van der Waals surface area contributed by atoms with Crippen molar-refractivity contribution in [1.29, 1.82) is 0 Å². The average molecular weight is 313 g/mol. The number of carbonyl (C=O) groups is 2. The Labute approximate surface area is 102 Å². The van der Waals surface area contributed by atoms with Crippen LogP contribution in [0.15, 0.2) is 23.7 Å². The normalized spacial score (nSPS) is 12.0. The van der Waals surface area contributed by atoms with Crippen LogP contribution in [0.4, 0.5) is 0 Å². The van der Waals surface area contributed by atoms with Crippen LogP contribution in [0.5, 0.6) is 0 Å². The fourth-order valence-electron chi connectivity index (χ4n) is 0.816. The van der Waals surface area contributed by atoms with E-state index in [1.54, 1.807) is 13.8 Å². The van der Waals surface area contributed by atoms with Gasteiger partial charge in [-0.2, -0.15) is 0 Å². The maximum atomic E-state index is 10.7. The molecule has 0 atom stereocenters. The van der Waals surface area contributed by atoms with Crippen LogP contribution in [0.25, 0.3) is 0 Å². The summed E-state index contributed by atoms with van der Waals surface area (Å²) in [5, 5.41) is 0. The number of hydrogen-bond donors (Lipinski definition) is 0.